The highest BCUT2D eigenvalue weighted by atomic mass is 14.8. The molecular formula is C45H27N5. The minimum atomic E-state index is 0.911. The van der Waals surface area contributed by atoms with Gasteiger partial charge in [-0.05, 0) is 65.7 Å². The Bertz CT molecular complexity index is 2950. The number of para-hydroxylation sites is 1. The Morgan fingerprint density at radius 3 is 1.74 bits per heavy atom. The van der Waals surface area contributed by atoms with E-state index in [9.17, 15) is 0 Å². The first kappa shape index (κ1) is 28.2. The number of hydrogen-bond acceptors (Lipinski definition) is 5. The summed E-state index contributed by atoms with van der Waals surface area (Å²) in [6.45, 7) is 0. The third-order valence-corrected chi connectivity index (χ3v) is 9.51. The Balaban J connectivity index is 0.978. The lowest BCUT2D eigenvalue weighted by Gasteiger charge is -2.10. The van der Waals surface area contributed by atoms with E-state index in [4.69, 9.17) is 15.0 Å². The van der Waals surface area contributed by atoms with E-state index in [0.29, 0.717) is 0 Å². The van der Waals surface area contributed by atoms with Crippen LogP contribution in [0.5, 0.6) is 0 Å². The normalized spacial score (nSPS) is 11.6. The third kappa shape index (κ3) is 4.83. The molecule has 5 heterocycles. The summed E-state index contributed by atoms with van der Waals surface area (Å²) in [4.78, 5) is 24.5. The van der Waals surface area contributed by atoms with Crippen molar-refractivity contribution in [2.75, 3.05) is 0 Å². The lowest BCUT2D eigenvalue weighted by atomic mass is 10.00. The van der Waals surface area contributed by atoms with Gasteiger partial charge in [0.1, 0.15) is 0 Å². The van der Waals surface area contributed by atoms with Gasteiger partial charge in [-0.15, -0.1) is 0 Å². The lowest BCUT2D eigenvalue weighted by Crippen LogP contribution is -1.90. The van der Waals surface area contributed by atoms with Crippen molar-refractivity contribution in [2.24, 2.45) is 0 Å². The SMILES string of the molecule is c1cc(-c2ccc3cc(-c4ccc5ccc(-c6cccc7cccnc67)nc5c4)ccc3n2)cc(-c2ccc3ccc4cccnc4c3n2)c1. The van der Waals surface area contributed by atoms with Crippen molar-refractivity contribution in [2.45, 2.75) is 0 Å². The van der Waals surface area contributed by atoms with Crippen molar-refractivity contribution >= 4 is 54.5 Å². The molecule has 0 N–H and O–H groups in total. The van der Waals surface area contributed by atoms with E-state index in [0.717, 1.165) is 99.4 Å². The summed E-state index contributed by atoms with van der Waals surface area (Å²) in [5.41, 5.74) is 12.8. The Labute approximate surface area is 287 Å². The zero-order valence-corrected chi connectivity index (χ0v) is 26.8. The van der Waals surface area contributed by atoms with E-state index >= 15 is 0 Å². The number of rotatable bonds is 4. The van der Waals surface area contributed by atoms with Crippen LogP contribution in [0.2, 0.25) is 0 Å². The van der Waals surface area contributed by atoms with Gasteiger partial charge in [-0.3, -0.25) is 9.97 Å². The molecule has 0 unspecified atom stereocenters. The smallest absolute Gasteiger partial charge is 0.0972 e. The number of hydrogen-bond donors (Lipinski definition) is 0. The number of pyridine rings is 5. The van der Waals surface area contributed by atoms with Gasteiger partial charge < -0.3 is 0 Å². The zero-order chi connectivity index (χ0) is 33.0. The highest BCUT2D eigenvalue weighted by Crippen LogP contribution is 2.32. The van der Waals surface area contributed by atoms with Gasteiger partial charge in [0.2, 0.25) is 0 Å². The Morgan fingerprint density at radius 2 is 0.880 bits per heavy atom. The van der Waals surface area contributed by atoms with E-state index in [1.54, 1.807) is 0 Å². The first-order chi connectivity index (χ1) is 24.7. The molecule has 0 radical (unpaired) electrons. The van der Waals surface area contributed by atoms with Gasteiger partial charge in [0.15, 0.2) is 0 Å². The second kappa shape index (κ2) is 11.4. The molecule has 0 saturated heterocycles. The van der Waals surface area contributed by atoms with E-state index in [1.165, 1.54) is 0 Å². The number of aromatic nitrogens is 5. The molecule has 5 aromatic carbocycles. The fourth-order valence-corrected chi connectivity index (χ4v) is 6.95. The average Bonchev–Trinajstić information content (AvgIpc) is 3.19. The fraction of sp³-hybridized carbons (Fsp3) is 0. The minimum Gasteiger partial charge on any atom is -0.256 e. The van der Waals surface area contributed by atoms with Crippen LogP contribution in [0.15, 0.2) is 164 Å². The maximum atomic E-state index is 5.09. The summed E-state index contributed by atoms with van der Waals surface area (Å²) >= 11 is 0. The zero-order valence-electron chi connectivity index (χ0n) is 26.8. The predicted octanol–water partition coefficient (Wildman–Crippen LogP) is 11.1. The molecule has 10 aromatic rings. The molecule has 10 rings (SSSR count). The summed E-state index contributed by atoms with van der Waals surface area (Å²) in [7, 11) is 0. The second-order valence-corrected chi connectivity index (χ2v) is 12.6. The van der Waals surface area contributed by atoms with Crippen LogP contribution in [0.25, 0.3) is 99.4 Å². The predicted molar refractivity (Wildman–Crippen MR) is 205 cm³/mol. The number of benzene rings is 5. The number of nitrogens with zero attached hydrogens (tertiary/aromatic N) is 5. The van der Waals surface area contributed by atoms with Crippen molar-refractivity contribution in [3.05, 3.63) is 164 Å². The molecule has 0 aliphatic heterocycles. The molecule has 0 bridgehead atoms. The average molecular weight is 638 g/mol. The molecule has 232 valence electrons. The van der Waals surface area contributed by atoms with Crippen LogP contribution in [0.3, 0.4) is 0 Å². The molecule has 0 amide bonds. The summed E-state index contributed by atoms with van der Waals surface area (Å²) in [6.07, 6.45) is 3.66. The van der Waals surface area contributed by atoms with Gasteiger partial charge in [-0.2, -0.15) is 0 Å². The van der Waals surface area contributed by atoms with Crippen molar-refractivity contribution in [1.82, 2.24) is 24.9 Å². The maximum Gasteiger partial charge on any atom is 0.0972 e. The van der Waals surface area contributed by atoms with Crippen LogP contribution in [0.4, 0.5) is 0 Å². The molecule has 5 nitrogen and oxygen atoms in total. The fourth-order valence-electron chi connectivity index (χ4n) is 6.95. The van der Waals surface area contributed by atoms with Crippen LogP contribution in [0, 0.1) is 0 Å². The largest absolute Gasteiger partial charge is 0.256 e. The molecule has 5 aromatic heterocycles. The molecule has 0 spiro atoms. The van der Waals surface area contributed by atoms with Crippen LogP contribution in [-0.4, -0.2) is 24.9 Å². The van der Waals surface area contributed by atoms with Gasteiger partial charge in [-0.25, -0.2) is 15.0 Å². The molecule has 0 atom stereocenters. The quantitative estimate of drug-likeness (QED) is 0.180. The second-order valence-electron chi connectivity index (χ2n) is 12.6. The summed E-state index contributed by atoms with van der Waals surface area (Å²) < 4.78 is 0. The third-order valence-electron chi connectivity index (χ3n) is 9.51. The molecule has 5 heteroatoms. The molecule has 50 heavy (non-hydrogen) atoms. The molecule has 0 fully saturated rings. The van der Waals surface area contributed by atoms with Crippen molar-refractivity contribution < 1.29 is 0 Å². The van der Waals surface area contributed by atoms with E-state index in [2.05, 4.69) is 149 Å². The highest BCUT2D eigenvalue weighted by Gasteiger charge is 2.11. The van der Waals surface area contributed by atoms with Gasteiger partial charge in [0.25, 0.3) is 0 Å². The van der Waals surface area contributed by atoms with Crippen LogP contribution < -0.4 is 0 Å². The first-order valence-electron chi connectivity index (χ1n) is 16.7. The Morgan fingerprint density at radius 1 is 0.300 bits per heavy atom. The van der Waals surface area contributed by atoms with Crippen LogP contribution in [-0.2, 0) is 0 Å². The van der Waals surface area contributed by atoms with Gasteiger partial charge in [0.05, 0.1) is 44.7 Å². The van der Waals surface area contributed by atoms with E-state index in [1.807, 2.05) is 24.5 Å². The Hall–Kier alpha value is -6.85. The van der Waals surface area contributed by atoms with Crippen LogP contribution >= 0.6 is 0 Å². The summed E-state index contributed by atoms with van der Waals surface area (Å²) in [5, 5.41) is 5.46. The maximum absolute atomic E-state index is 5.09. The summed E-state index contributed by atoms with van der Waals surface area (Å²) in [6, 6.07) is 52.6. The topological polar surface area (TPSA) is 64.5 Å². The monoisotopic (exact) mass is 637 g/mol. The highest BCUT2D eigenvalue weighted by molar-refractivity contribution is 6.03. The first-order valence-corrected chi connectivity index (χ1v) is 16.7. The molecule has 0 aliphatic rings. The van der Waals surface area contributed by atoms with E-state index < -0.39 is 0 Å². The molecular weight excluding hydrogens is 611 g/mol. The van der Waals surface area contributed by atoms with Crippen molar-refractivity contribution in [3.8, 4) is 44.9 Å². The van der Waals surface area contributed by atoms with Gasteiger partial charge in [-0.1, -0.05) is 97.1 Å². The van der Waals surface area contributed by atoms with Gasteiger partial charge in [0, 0.05) is 56.0 Å². The Kier molecular flexibility index (Phi) is 6.42. The summed E-state index contributed by atoms with van der Waals surface area (Å²) in [5.74, 6) is 0. The standard InChI is InChI=1S/C45H27N5/c1-6-34(26-35(7-1)40-19-16-31-13-12-30-9-4-24-47-44(30)45(31)50-40)38-21-18-36-25-32(17-20-39(36)48-38)33-14-11-28-15-22-41(49-42(28)27-33)37-10-2-5-29-8-3-23-46-43(29)37/h1-27H. The van der Waals surface area contributed by atoms with Crippen molar-refractivity contribution in [1.29, 1.82) is 0 Å². The lowest BCUT2D eigenvalue weighted by molar-refractivity contribution is 1.36. The number of fused-ring (bicyclic) bond motifs is 6. The molecule has 0 aliphatic carbocycles. The molecule has 0 saturated carbocycles. The van der Waals surface area contributed by atoms with Gasteiger partial charge >= 0.3 is 0 Å². The van der Waals surface area contributed by atoms with Crippen LogP contribution in [0.1, 0.15) is 0 Å². The van der Waals surface area contributed by atoms with Crippen molar-refractivity contribution in [3.63, 3.8) is 0 Å². The van der Waals surface area contributed by atoms with E-state index in [-0.39, 0.29) is 0 Å². The minimum absolute atomic E-state index is 0.911.